The molecular formula is C35H52F3NO10. The maximum Gasteiger partial charge on any atom is 0.416 e. The quantitative estimate of drug-likeness (QED) is 0.0789. The lowest BCUT2D eigenvalue weighted by Gasteiger charge is -2.13. The van der Waals surface area contributed by atoms with Gasteiger partial charge < -0.3 is 47.9 Å². The predicted octanol–water partition coefficient (Wildman–Crippen LogP) is 5.78. The smallest absolute Gasteiger partial charge is 0.416 e. The van der Waals surface area contributed by atoms with Gasteiger partial charge in [-0.3, -0.25) is 0 Å². The van der Waals surface area contributed by atoms with Crippen LogP contribution in [0.15, 0.2) is 48.5 Å². The molecule has 0 amide bonds. The highest BCUT2D eigenvalue weighted by Gasteiger charge is 2.30. The van der Waals surface area contributed by atoms with Gasteiger partial charge in [-0.2, -0.15) is 13.2 Å². The second kappa shape index (κ2) is 27.0. The molecule has 0 saturated carbocycles. The van der Waals surface area contributed by atoms with E-state index in [-0.39, 0.29) is 24.5 Å². The molecule has 278 valence electrons. The zero-order chi connectivity index (χ0) is 35.4. The van der Waals surface area contributed by atoms with Crippen LogP contribution in [0.3, 0.4) is 0 Å². The molecule has 11 nitrogen and oxygen atoms in total. The molecule has 1 unspecified atom stereocenters. The molecule has 0 aliphatic carbocycles. The summed E-state index contributed by atoms with van der Waals surface area (Å²) in [6, 6.07) is 11.1. The second-order valence-corrected chi connectivity index (χ2v) is 10.8. The molecule has 2 aromatic carbocycles. The van der Waals surface area contributed by atoms with Crippen LogP contribution in [0.5, 0.6) is 0 Å². The monoisotopic (exact) mass is 703 g/mol. The maximum atomic E-state index is 13.0. The fourth-order valence-electron chi connectivity index (χ4n) is 3.91. The standard InChI is InChI=1S/C35H52F3NO10/c1-3-29(2)28-48-24-23-46-20-19-44-16-15-42-12-11-41-13-14-43-17-18-45-21-22-47-25-26-49-34(40)32-9-4-5-10-33(32)39-31-8-6-7-30(27-31)35(36,37)38/h4-10,27,29,39H,3,11-26,28H2,1-2H3. The van der Waals surface area contributed by atoms with E-state index in [1.807, 2.05) is 0 Å². The van der Waals surface area contributed by atoms with Gasteiger partial charge in [-0.05, 0) is 36.2 Å². The van der Waals surface area contributed by atoms with Gasteiger partial charge in [0.2, 0.25) is 0 Å². The number of ether oxygens (including phenoxy) is 9. The molecular weight excluding hydrogens is 651 g/mol. The van der Waals surface area contributed by atoms with Gasteiger partial charge in [-0.1, -0.05) is 38.5 Å². The van der Waals surface area contributed by atoms with E-state index in [1.54, 1.807) is 18.2 Å². The Labute approximate surface area is 287 Å². The van der Waals surface area contributed by atoms with Gasteiger partial charge in [0.15, 0.2) is 0 Å². The van der Waals surface area contributed by atoms with Gasteiger partial charge in [0.05, 0.1) is 116 Å². The lowest BCUT2D eigenvalue weighted by atomic mass is 10.1. The molecule has 0 aliphatic heterocycles. The molecule has 1 N–H and O–H groups in total. The summed E-state index contributed by atoms with van der Waals surface area (Å²) in [5.74, 6) is -0.0477. The zero-order valence-electron chi connectivity index (χ0n) is 28.6. The molecule has 49 heavy (non-hydrogen) atoms. The Bertz CT molecular complexity index is 1130. The number of halogens is 3. The molecule has 0 aliphatic rings. The lowest BCUT2D eigenvalue weighted by molar-refractivity contribution is -0.137. The Hall–Kier alpha value is -2.82. The Morgan fingerprint density at radius 2 is 1.08 bits per heavy atom. The van der Waals surface area contributed by atoms with E-state index < -0.39 is 17.7 Å². The minimum Gasteiger partial charge on any atom is -0.460 e. The van der Waals surface area contributed by atoms with E-state index in [1.165, 1.54) is 18.2 Å². The molecule has 0 fully saturated rings. The third-order valence-electron chi connectivity index (χ3n) is 6.78. The number of carbonyl (C=O) groups is 1. The first kappa shape index (κ1) is 42.3. The van der Waals surface area contributed by atoms with Crippen molar-refractivity contribution in [2.75, 3.05) is 118 Å². The van der Waals surface area contributed by atoms with Crippen LogP contribution >= 0.6 is 0 Å². The fraction of sp³-hybridized carbons (Fsp3) is 0.629. The Balaban J connectivity index is 1.35. The highest BCUT2D eigenvalue weighted by Crippen LogP contribution is 2.32. The average molecular weight is 704 g/mol. The van der Waals surface area contributed by atoms with E-state index in [4.69, 9.17) is 42.6 Å². The van der Waals surface area contributed by atoms with E-state index in [0.717, 1.165) is 25.2 Å². The van der Waals surface area contributed by atoms with Gasteiger partial charge >= 0.3 is 12.1 Å². The molecule has 2 rings (SSSR count). The molecule has 0 saturated heterocycles. The number of alkyl halides is 3. The van der Waals surface area contributed by atoms with Crippen LogP contribution in [0.1, 0.15) is 36.2 Å². The highest BCUT2D eigenvalue weighted by atomic mass is 19.4. The summed E-state index contributed by atoms with van der Waals surface area (Å²) in [5.41, 5.74) is -0.0778. The van der Waals surface area contributed by atoms with Gasteiger partial charge in [0, 0.05) is 12.3 Å². The normalized spacial score (nSPS) is 12.3. The van der Waals surface area contributed by atoms with Crippen LogP contribution in [-0.2, 0) is 48.8 Å². The minimum atomic E-state index is -4.47. The number of para-hydroxylation sites is 1. The minimum absolute atomic E-state index is 0.00347. The first-order valence-electron chi connectivity index (χ1n) is 16.6. The first-order chi connectivity index (χ1) is 23.8. The number of benzene rings is 2. The molecule has 0 radical (unpaired) electrons. The molecule has 0 heterocycles. The van der Waals surface area contributed by atoms with E-state index in [0.29, 0.717) is 104 Å². The van der Waals surface area contributed by atoms with Gasteiger partial charge in [0.1, 0.15) is 6.61 Å². The summed E-state index contributed by atoms with van der Waals surface area (Å²) in [5, 5.41) is 2.86. The van der Waals surface area contributed by atoms with Crippen molar-refractivity contribution in [3.63, 3.8) is 0 Å². The Morgan fingerprint density at radius 3 is 1.55 bits per heavy atom. The lowest BCUT2D eigenvalue weighted by Crippen LogP contribution is -2.16. The summed E-state index contributed by atoms with van der Waals surface area (Å²) in [6.07, 6.45) is -3.36. The number of hydrogen-bond acceptors (Lipinski definition) is 11. The van der Waals surface area contributed by atoms with Crippen molar-refractivity contribution in [2.24, 2.45) is 5.92 Å². The summed E-state index contributed by atoms with van der Waals surface area (Å²) in [6.45, 7) is 11.8. The first-order valence-corrected chi connectivity index (χ1v) is 16.6. The number of hydrogen-bond donors (Lipinski definition) is 1. The predicted molar refractivity (Wildman–Crippen MR) is 177 cm³/mol. The number of esters is 1. The van der Waals surface area contributed by atoms with E-state index in [2.05, 4.69) is 19.2 Å². The van der Waals surface area contributed by atoms with Crippen LogP contribution in [0.4, 0.5) is 24.5 Å². The molecule has 0 aromatic heterocycles. The summed E-state index contributed by atoms with van der Waals surface area (Å²) >= 11 is 0. The summed E-state index contributed by atoms with van der Waals surface area (Å²) in [4.78, 5) is 12.6. The van der Waals surface area contributed by atoms with E-state index >= 15 is 0 Å². The largest absolute Gasteiger partial charge is 0.460 e. The molecule has 0 bridgehead atoms. The number of carbonyl (C=O) groups excluding carboxylic acids is 1. The topological polar surface area (TPSA) is 112 Å². The van der Waals surface area contributed by atoms with Gasteiger partial charge in [0.25, 0.3) is 0 Å². The molecule has 14 heteroatoms. The van der Waals surface area contributed by atoms with Crippen molar-refractivity contribution in [2.45, 2.75) is 26.4 Å². The Kier molecular flexibility index (Phi) is 23.3. The van der Waals surface area contributed by atoms with Gasteiger partial charge in [-0.15, -0.1) is 0 Å². The van der Waals surface area contributed by atoms with Crippen LogP contribution in [0.25, 0.3) is 0 Å². The number of rotatable bonds is 30. The van der Waals surface area contributed by atoms with E-state index in [9.17, 15) is 18.0 Å². The molecule has 2 aromatic rings. The number of anilines is 2. The SMILES string of the molecule is CCC(C)COCCOCCOCCOCCOCCOCCOCCOCCOC(=O)c1ccccc1Nc1cccc(C(F)(F)F)c1. The van der Waals surface area contributed by atoms with Crippen molar-refractivity contribution >= 4 is 17.3 Å². The second-order valence-electron chi connectivity index (χ2n) is 10.8. The molecule has 0 spiro atoms. The van der Waals surface area contributed by atoms with Crippen LogP contribution in [0, 0.1) is 5.92 Å². The Morgan fingerprint density at radius 1 is 0.633 bits per heavy atom. The third kappa shape index (κ3) is 21.1. The van der Waals surface area contributed by atoms with Crippen molar-refractivity contribution in [3.05, 3.63) is 59.7 Å². The average Bonchev–Trinajstić information content (AvgIpc) is 3.09. The van der Waals surface area contributed by atoms with Crippen LogP contribution < -0.4 is 5.32 Å². The van der Waals surface area contributed by atoms with Gasteiger partial charge in [-0.25, -0.2) is 4.79 Å². The highest BCUT2D eigenvalue weighted by molar-refractivity contribution is 5.96. The fourth-order valence-corrected chi connectivity index (χ4v) is 3.91. The zero-order valence-corrected chi connectivity index (χ0v) is 28.6. The van der Waals surface area contributed by atoms with Crippen molar-refractivity contribution in [3.8, 4) is 0 Å². The van der Waals surface area contributed by atoms with Crippen molar-refractivity contribution in [1.82, 2.24) is 0 Å². The summed E-state index contributed by atoms with van der Waals surface area (Å²) in [7, 11) is 0. The third-order valence-corrected chi connectivity index (χ3v) is 6.78. The van der Waals surface area contributed by atoms with Crippen LogP contribution in [0.2, 0.25) is 0 Å². The van der Waals surface area contributed by atoms with Crippen molar-refractivity contribution in [1.29, 1.82) is 0 Å². The summed E-state index contributed by atoms with van der Waals surface area (Å²) < 4.78 is 88.1. The number of nitrogens with one attached hydrogen (secondary N) is 1. The van der Waals surface area contributed by atoms with Crippen LogP contribution in [-0.4, -0.2) is 118 Å². The maximum absolute atomic E-state index is 13.0. The van der Waals surface area contributed by atoms with Crippen molar-refractivity contribution < 1.29 is 60.6 Å². The molecule has 1 atom stereocenters.